The highest BCUT2D eigenvalue weighted by molar-refractivity contribution is 5.40. The second-order valence-corrected chi connectivity index (χ2v) is 5.80. The fourth-order valence-electron chi connectivity index (χ4n) is 3.05. The van der Waals surface area contributed by atoms with Crippen molar-refractivity contribution in [1.29, 1.82) is 0 Å². The minimum atomic E-state index is 0.606. The van der Waals surface area contributed by atoms with Gasteiger partial charge >= 0.3 is 0 Å². The topological polar surface area (TPSA) is 29.3 Å². The summed E-state index contributed by atoms with van der Waals surface area (Å²) in [4.78, 5) is 2.65. The molecule has 0 aromatic heterocycles. The highest BCUT2D eigenvalue weighted by Gasteiger charge is 2.23. The Morgan fingerprint density at radius 3 is 2.56 bits per heavy atom. The van der Waals surface area contributed by atoms with Crippen LogP contribution in [0.5, 0.6) is 0 Å². The van der Waals surface area contributed by atoms with E-state index in [0.717, 1.165) is 18.3 Å². The predicted octanol–water partition coefficient (Wildman–Crippen LogP) is 3.81. The Bertz CT molecular complexity index is 367. The molecule has 2 nitrogen and oxygen atoms in total. The number of hydrogen-bond donors (Lipinski definition) is 1. The first-order valence-corrected chi connectivity index (χ1v) is 7.27. The third kappa shape index (κ3) is 3.49. The van der Waals surface area contributed by atoms with Crippen molar-refractivity contribution >= 4 is 5.69 Å². The number of anilines is 1. The van der Waals surface area contributed by atoms with Gasteiger partial charge in [0.25, 0.3) is 0 Å². The summed E-state index contributed by atoms with van der Waals surface area (Å²) in [6.45, 7) is 5.65. The molecule has 0 spiro atoms. The Morgan fingerprint density at radius 2 is 1.94 bits per heavy atom. The van der Waals surface area contributed by atoms with E-state index in [1.165, 1.54) is 37.7 Å². The van der Waals surface area contributed by atoms with Crippen molar-refractivity contribution < 1.29 is 0 Å². The van der Waals surface area contributed by atoms with Crippen LogP contribution in [-0.4, -0.2) is 17.0 Å². The fourth-order valence-corrected chi connectivity index (χ4v) is 3.05. The van der Waals surface area contributed by atoms with Crippen LogP contribution >= 0.6 is 0 Å². The minimum absolute atomic E-state index is 0.606. The average Bonchev–Trinajstić information content (AvgIpc) is 2.37. The maximum atomic E-state index is 5.87. The van der Waals surface area contributed by atoms with E-state index in [4.69, 9.17) is 5.73 Å². The molecule has 100 valence electrons. The van der Waals surface area contributed by atoms with E-state index in [-0.39, 0.29) is 0 Å². The lowest BCUT2D eigenvalue weighted by molar-refractivity contribution is 0.112. The third-order valence-corrected chi connectivity index (χ3v) is 4.02. The summed E-state index contributed by atoms with van der Waals surface area (Å²) < 4.78 is 0. The summed E-state index contributed by atoms with van der Waals surface area (Å²) in [7, 11) is 0. The number of nitrogens with zero attached hydrogens (tertiary/aromatic N) is 1. The molecule has 1 aliphatic carbocycles. The molecule has 18 heavy (non-hydrogen) atoms. The molecule has 1 saturated carbocycles. The maximum absolute atomic E-state index is 5.87. The van der Waals surface area contributed by atoms with Crippen LogP contribution in [0.15, 0.2) is 24.3 Å². The van der Waals surface area contributed by atoms with Crippen molar-refractivity contribution in [1.82, 2.24) is 4.90 Å². The van der Waals surface area contributed by atoms with Crippen LogP contribution in [-0.2, 0) is 6.54 Å². The van der Waals surface area contributed by atoms with Crippen LogP contribution in [0.25, 0.3) is 0 Å². The number of rotatable bonds is 4. The van der Waals surface area contributed by atoms with Crippen molar-refractivity contribution in [2.45, 2.75) is 64.6 Å². The number of nitrogen functional groups attached to an aromatic ring is 1. The van der Waals surface area contributed by atoms with E-state index < -0.39 is 0 Å². The van der Waals surface area contributed by atoms with Gasteiger partial charge in [0.1, 0.15) is 0 Å². The average molecular weight is 246 g/mol. The molecule has 0 atom stereocenters. The van der Waals surface area contributed by atoms with Crippen LogP contribution in [0.4, 0.5) is 5.69 Å². The van der Waals surface area contributed by atoms with Gasteiger partial charge in [-0.05, 0) is 44.4 Å². The van der Waals surface area contributed by atoms with Gasteiger partial charge in [-0.25, -0.2) is 0 Å². The molecule has 0 amide bonds. The van der Waals surface area contributed by atoms with Crippen molar-refractivity contribution in [2.24, 2.45) is 0 Å². The summed E-state index contributed by atoms with van der Waals surface area (Å²) in [6.07, 6.45) is 6.93. The van der Waals surface area contributed by atoms with Crippen molar-refractivity contribution in [3.05, 3.63) is 29.8 Å². The van der Waals surface area contributed by atoms with Crippen LogP contribution in [0.3, 0.4) is 0 Å². The van der Waals surface area contributed by atoms with Gasteiger partial charge in [0.2, 0.25) is 0 Å². The summed E-state index contributed by atoms with van der Waals surface area (Å²) in [5, 5.41) is 0. The number of nitrogens with two attached hydrogens (primary N) is 1. The monoisotopic (exact) mass is 246 g/mol. The van der Waals surface area contributed by atoms with Gasteiger partial charge in [-0.2, -0.15) is 0 Å². The van der Waals surface area contributed by atoms with Gasteiger partial charge in [0.05, 0.1) is 0 Å². The molecule has 1 aromatic carbocycles. The molecule has 1 aliphatic rings. The molecule has 0 bridgehead atoms. The zero-order valence-corrected chi connectivity index (χ0v) is 11.7. The molecule has 0 radical (unpaired) electrons. The van der Waals surface area contributed by atoms with E-state index in [1.807, 2.05) is 6.07 Å². The molecule has 1 fully saturated rings. The summed E-state index contributed by atoms with van der Waals surface area (Å²) in [5.74, 6) is 0. The van der Waals surface area contributed by atoms with Gasteiger partial charge in [0, 0.05) is 24.3 Å². The zero-order valence-electron chi connectivity index (χ0n) is 11.7. The molecular formula is C16H26N2. The van der Waals surface area contributed by atoms with E-state index in [1.54, 1.807) is 0 Å². The number of benzene rings is 1. The Balaban J connectivity index is 2.05. The fraction of sp³-hybridized carbons (Fsp3) is 0.625. The lowest BCUT2D eigenvalue weighted by Crippen LogP contribution is -2.41. The van der Waals surface area contributed by atoms with Crippen molar-refractivity contribution in [3.63, 3.8) is 0 Å². The second-order valence-electron chi connectivity index (χ2n) is 5.80. The Labute approximate surface area is 111 Å². The second kappa shape index (κ2) is 6.24. The lowest BCUT2D eigenvalue weighted by Gasteiger charge is -2.37. The van der Waals surface area contributed by atoms with E-state index in [0.29, 0.717) is 6.04 Å². The Kier molecular flexibility index (Phi) is 4.65. The molecule has 0 saturated heterocycles. The number of hydrogen-bond acceptors (Lipinski definition) is 2. The van der Waals surface area contributed by atoms with Crippen LogP contribution in [0.1, 0.15) is 51.5 Å². The lowest BCUT2D eigenvalue weighted by atomic mass is 9.93. The molecule has 2 N–H and O–H groups in total. The molecular weight excluding hydrogens is 220 g/mol. The molecule has 0 unspecified atom stereocenters. The first kappa shape index (κ1) is 13.4. The molecule has 0 aliphatic heterocycles. The Hall–Kier alpha value is -1.02. The van der Waals surface area contributed by atoms with Crippen LogP contribution < -0.4 is 5.73 Å². The maximum Gasteiger partial charge on any atom is 0.0317 e. The summed E-state index contributed by atoms with van der Waals surface area (Å²) in [6, 6.07) is 9.69. The standard InChI is InChI=1S/C16H26N2/c1-13(2)18(16-9-4-3-5-10-16)12-14-7-6-8-15(17)11-14/h6-8,11,13,16H,3-5,9-10,12,17H2,1-2H3. The molecule has 1 aromatic rings. The van der Waals surface area contributed by atoms with E-state index >= 15 is 0 Å². The molecule has 2 heteroatoms. The van der Waals surface area contributed by atoms with Crippen LogP contribution in [0, 0.1) is 0 Å². The molecule has 0 heterocycles. The van der Waals surface area contributed by atoms with Gasteiger partial charge in [0.15, 0.2) is 0 Å². The minimum Gasteiger partial charge on any atom is -0.399 e. The van der Waals surface area contributed by atoms with Gasteiger partial charge < -0.3 is 5.73 Å². The first-order chi connectivity index (χ1) is 8.66. The van der Waals surface area contributed by atoms with E-state index in [9.17, 15) is 0 Å². The van der Waals surface area contributed by atoms with Crippen LogP contribution in [0.2, 0.25) is 0 Å². The Morgan fingerprint density at radius 1 is 1.22 bits per heavy atom. The highest BCUT2D eigenvalue weighted by Crippen LogP contribution is 2.26. The molecule has 2 rings (SSSR count). The summed E-state index contributed by atoms with van der Waals surface area (Å²) >= 11 is 0. The van der Waals surface area contributed by atoms with Gasteiger partial charge in [-0.15, -0.1) is 0 Å². The van der Waals surface area contributed by atoms with Gasteiger partial charge in [-0.1, -0.05) is 31.4 Å². The zero-order chi connectivity index (χ0) is 13.0. The smallest absolute Gasteiger partial charge is 0.0317 e. The van der Waals surface area contributed by atoms with Crippen molar-refractivity contribution in [3.8, 4) is 0 Å². The highest BCUT2D eigenvalue weighted by atomic mass is 15.2. The SMILES string of the molecule is CC(C)N(Cc1cccc(N)c1)C1CCCCC1. The van der Waals surface area contributed by atoms with Crippen molar-refractivity contribution in [2.75, 3.05) is 5.73 Å². The van der Waals surface area contributed by atoms with Gasteiger partial charge in [-0.3, -0.25) is 4.90 Å². The largest absolute Gasteiger partial charge is 0.399 e. The predicted molar refractivity (Wildman–Crippen MR) is 78.4 cm³/mol. The first-order valence-electron chi connectivity index (χ1n) is 7.27. The third-order valence-electron chi connectivity index (χ3n) is 4.02. The normalized spacial score (nSPS) is 17.6. The summed E-state index contributed by atoms with van der Waals surface area (Å²) in [5.41, 5.74) is 8.09. The van der Waals surface area contributed by atoms with E-state index in [2.05, 4.69) is 36.9 Å². The quantitative estimate of drug-likeness (QED) is 0.818.